The van der Waals surface area contributed by atoms with E-state index in [4.69, 9.17) is 0 Å². The van der Waals surface area contributed by atoms with Gasteiger partial charge in [-0.2, -0.15) is 5.01 Å². The van der Waals surface area contributed by atoms with Crippen molar-refractivity contribution in [3.63, 3.8) is 0 Å². The van der Waals surface area contributed by atoms with Gasteiger partial charge in [-0.15, -0.1) is 0 Å². The summed E-state index contributed by atoms with van der Waals surface area (Å²) in [7, 11) is 1.82. The average molecular weight is 409 g/mol. The van der Waals surface area contributed by atoms with Gasteiger partial charge in [0.1, 0.15) is 5.54 Å². The number of imide groups is 1. The normalized spacial score (nSPS) is 18.6. The number of benzene rings is 2. The standard InChI is InChI=1S/C23H28N4O3/c1-17-9-7-8-12-19(17)15-26(3)16-20(28)25-27-21(29)23(2,24-22(27)30)14-13-18-10-5-4-6-11-18/h4-12H,13-16H2,1-3H3,(H,24,30)(H,25,28)/t23-/m1/s1. The van der Waals surface area contributed by atoms with E-state index in [-0.39, 0.29) is 6.54 Å². The first-order valence-electron chi connectivity index (χ1n) is 10.0. The zero-order valence-electron chi connectivity index (χ0n) is 17.6. The third kappa shape index (κ3) is 5.04. The molecule has 1 aliphatic heterocycles. The Morgan fingerprint density at radius 2 is 1.77 bits per heavy atom. The van der Waals surface area contributed by atoms with Crippen LogP contribution in [0.1, 0.15) is 30.0 Å². The molecule has 1 saturated heterocycles. The molecule has 1 aliphatic rings. The maximum absolute atomic E-state index is 12.8. The molecule has 2 aromatic rings. The molecule has 3 rings (SSSR count). The number of hydrogen-bond acceptors (Lipinski definition) is 4. The zero-order chi connectivity index (χ0) is 21.7. The van der Waals surface area contributed by atoms with Crippen molar-refractivity contribution in [2.24, 2.45) is 0 Å². The van der Waals surface area contributed by atoms with E-state index < -0.39 is 23.4 Å². The Hall–Kier alpha value is -3.19. The summed E-state index contributed by atoms with van der Waals surface area (Å²) in [5.41, 5.74) is 4.76. The van der Waals surface area contributed by atoms with Crippen LogP contribution in [-0.2, 0) is 22.6 Å². The number of urea groups is 1. The van der Waals surface area contributed by atoms with Crippen LogP contribution in [0.5, 0.6) is 0 Å². The van der Waals surface area contributed by atoms with Gasteiger partial charge in [-0.1, -0.05) is 54.6 Å². The number of amides is 4. The molecular weight excluding hydrogens is 380 g/mol. The number of aryl methyl sites for hydroxylation is 2. The Morgan fingerprint density at radius 1 is 1.10 bits per heavy atom. The molecule has 0 unspecified atom stereocenters. The maximum Gasteiger partial charge on any atom is 0.344 e. The van der Waals surface area contributed by atoms with Crippen LogP contribution in [0.15, 0.2) is 54.6 Å². The van der Waals surface area contributed by atoms with Gasteiger partial charge in [-0.05, 0) is 50.4 Å². The summed E-state index contributed by atoms with van der Waals surface area (Å²) in [6, 6.07) is 17.1. The van der Waals surface area contributed by atoms with Gasteiger partial charge < -0.3 is 5.32 Å². The van der Waals surface area contributed by atoms with E-state index in [1.807, 2.05) is 73.5 Å². The molecule has 0 spiro atoms. The third-order valence-electron chi connectivity index (χ3n) is 5.37. The lowest BCUT2D eigenvalue weighted by atomic mass is 9.93. The van der Waals surface area contributed by atoms with Gasteiger partial charge in [0, 0.05) is 6.54 Å². The number of carbonyl (C=O) groups is 3. The van der Waals surface area contributed by atoms with Crippen molar-refractivity contribution in [1.82, 2.24) is 20.7 Å². The highest BCUT2D eigenvalue weighted by molar-refractivity contribution is 6.07. The van der Waals surface area contributed by atoms with Gasteiger partial charge in [0.05, 0.1) is 6.54 Å². The molecule has 0 radical (unpaired) electrons. The second-order valence-corrected chi connectivity index (χ2v) is 8.02. The van der Waals surface area contributed by atoms with E-state index in [0.29, 0.717) is 19.4 Å². The fourth-order valence-electron chi connectivity index (χ4n) is 3.53. The molecule has 2 aromatic carbocycles. The monoisotopic (exact) mass is 408 g/mol. The van der Waals surface area contributed by atoms with E-state index in [2.05, 4.69) is 10.7 Å². The Kier molecular flexibility index (Phi) is 6.52. The minimum atomic E-state index is -1.05. The summed E-state index contributed by atoms with van der Waals surface area (Å²) < 4.78 is 0. The second-order valence-electron chi connectivity index (χ2n) is 8.02. The molecule has 158 valence electrons. The van der Waals surface area contributed by atoms with Crippen LogP contribution >= 0.6 is 0 Å². The molecule has 0 saturated carbocycles. The molecule has 2 N–H and O–H groups in total. The predicted molar refractivity (Wildman–Crippen MR) is 114 cm³/mol. The zero-order valence-corrected chi connectivity index (χ0v) is 17.6. The van der Waals surface area contributed by atoms with Crippen molar-refractivity contribution in [3.05, 3.63) is 71.3 Å². The fourth-order valence-corrected chi connectivity index (χ4v) is 3.53. The molecule has 7 nitrogen and oxygen atoms in total. The smallest absolute Gasteiger partial charge is 0.322 e. The van der Waals surface area contributed by atoms with Gasteiger partial charge >= 0.3 is 6.03 Å². The first-order valence-corrected chi connectivity index (χ1v) is 10.0. The van der Waals surface area contributed by atoms with Crippen molar-refractivity contribution in [3.8, 4) is 0 Å². The lowest BCUT2D eigenvalue weighted by molar-refractivity contribution is -0.139. The summed E-state index contributed by atoms with van der Waals surface area (Å²) >= 11 is 0. The molecule has 1 atom stereocenters. The molecule has 0 aliphatic carbocycles. The van der Waals surface area contributed by atoms with Gasteiger partial charge in [0.15, 0.2) is 0 Å². The highest BCUT2D eigenvalue weighted by Gasteiger charge is 2.48. The SMILES string of the molecule is Cc1ccccc1CN(C)CC(=O)NN1C(=O)N[C@](C)(CCc2ccccc2)C1=O. The van der Waals surface area contributed by atoms with Crippen LogP contribution in [0.2, 0.25) is 0 Å². The van der Waals surface area contributed by atoms with Crippen molar-refractivity contribution in [2.45, 2.75) is 38.8 Å². The summed E-state index contributed by atoms with van der Waals surface area (Å²) in [5, 5.41) is 3.52. The minimum absolute atomic E-state index is 0.0616. The van der Waals surface area contributed by atoms with E-state index in [9.17, 15) is 14.4 Å². The van der Waals surface area contributed by atoms with Crippen LogP contribution in [0.3, 0.4) is 0 Å². The van der Waals surface area contributed by atoms with Crippen LogP contribution in [0.4, 0.5) is 4.79 Å². The fraction of sp³-hybridized carbons (Fsp3) is 0.348. The number of rotatable bonds is 8. The van der Waals surface area contributed by atoms with Gasteiger partial charge in [0.25, 0.3) is 11.8 Å². The van der Waals surface area contributed by atoms with Crippen molar-refractivity contribution < 1.29 is 14.4 Å². The molecule has 4 amide bonds. The number of carbonyl (C=O) groups excluding carboxylic acids is 3. The molecular formula is C23H28N4O3. The highest BCUT2D eigenvalue weighted by atomic mass is 16.2. The van der Waals surface area contributed by atoms with Gasteiger partial charge in [-0.3, -0.25) is 19.9 Å². The highest BCUT2D eigenvalue weighted by Crippen LogP contribution is 2.22. The first-order chi connectivity index (χ1) is 14.3. The largest absolute Gasteiger partial charge is 0.344 e. The molecule has 7 heteroatoms. The number of nitrogens with zero attached hydrogens (tertiary/aromatic N) is 2. The van der Waals surface area contributed by atoms with E-state index >= 15 is 0 Å². The quantitative estimate of drug-likeness (QED) is 0.657. The Bertz CT molecular complexity index is 931. The van der Waals surface area contributed by atoms with Gasteiger partial charge in [-0.25, -0.2) is 4.79 Å². The summed E-state index contributed by atoms with van der Waals surface area (Å²) in [6.07, 6.45) is 1.09. The summed E-state index contributed by atoms with van der Waals surface area (Å²) in [6.45, 7) is 4.36. The van der Waals surface area contributed by atoms with Crippen LogP contribution in [0.25, 0.3) is 0 Å². The van der Waals surface area contributed by atoms with Gasteiger partial charge in [0.2, 0.25) is 0 Å². The first kappa shape index (κ1) is 21.5. The topological polar surface area (TPSA) is 81.8 Å². The predicted octanol–water partition coefficient (Wildman–Crippen LogP) is 2.40. The number of hydrazine groups is 1. The minimum Gasteiger partial charge on any atom is -0.322 e. The third-order valence-corrected chi connectivity index (χ3v) is 5.37. The Labute approximate surface area is 177 Å². The van der Waals surface area contributed by atoms with Crippen LogP contribution in [0, 0.1) is 6.92 Å². The van der Waals surface area contributed by atoms with Crippen molar-refractivity contribution in [1.29, 1.82) is 0 Å². The number of nitrogens with one attached hydrogen (secondary N) is 2. The molecule has 0 bridgehead atoms. The molecule has 0 aromatic heterocycles. The molecule has 30 heavy (non-hydrogen) atoms. The number of hydrogen-bond donors (Lipinski definition) is 2. The Balaban J connectivity index is 1.55. The maximum atomic E-state index is 12.8. The van der Waals surface area contributed by atoms with Crippen LogP contribution in [-0.4, -0.2) is 46.9 Å². The van der Waals surface area contributed by atoms with Crippen molar-refractivity contribution in [2.75, 3.05) is 13.6 Å². The average Bonchev–Trinajstić information content (AvgIpc) is 2.92. The number of likely N-dealkylation sites (N-methyl/N-ethyl adjacent to an activating group) is 1. The van der Waals surface area contributed by atoms with E-state index in [1.165, 1.54) is 0 Å². The second kappa shape index (κ2) is 9.09. The van der Waals surface area contributed by atoms with Crippen LogP contribution < -0.4 is 10.7 Å². The van der Waals surface area contributed by atoms with E-state index in [0.717, 1.165) is 21.7 Å². The summed E-state index contributed by atoms with van der Waals surface area (Å²) in [4.78, 5) is 39.4. The molecule has 1 heterocycles. The molecule has 1 fully saturated rings. The summed E-state index contributed by atoms with van der Waals surface area (Å²) in [5.74, 6) is -0.861. The van der Waals surface area contributed by atoms with Crippen molar-refractivity contribution >= 4 is 17.8 Å². The lowest BCUT2D eigenvalue weighted by Gasteiger charge is -2.22. The van der Waals surface area contributed by atoms with E-state index in [1.54, 1.807) is 6.92 Å². The lowest BCUT2D eigenvalue weighted by Crippen LogP contribution is -2.51. The Morgan fingerprint density at radius 3 is 2.47 bits per heavy atom.